The molecule has 12 heteroatoms. The molecule has 1 aromatic rings. The first-order chi connectivity index (χ1) is 13.7. The molecule has 0 aromatic heterocycles. The van der Waals surface area contributed by atoms with E-state index in [1.54, 1.807) is 18.2 Å². The monoisotopic (exact) mass is 410 g/mol. The van der Waals surface area contributed by atoms with E-state index in [1.807, 2.05) is 0 Å². The summed E-state index contributed by atoms with van der Waals surface area (Å²) in [5.74, 6) is -1.83. The summed E-state index contributed by atoms with van der Waals surface area (Å²) < 4.78 is 0. The van der Waals surface area contributed by atoms with Gasteiger partial charge in [-0.3, -0.25) is 24.2 Å². The number of aliphatic carboxylic acids is 1. The number of benzene rings is 1. The Morgan fingerprint density at radius 3 is 2.48 bits per heavy atom. The van der Waals surface area contributed by atoms with E-state index in [-0.39, 0.29) is 25.4 Å². The first-order valence-corrected chi connectivity index (χ1v) is 8.51. The lowest BCUT2D eigenvalue weighted by atomic mass is 10.1. The molecule has 160 valence electrons. The summed E-state index contributed by atoms with van der Waals surface area (Å²) >= 11 is 0. The van der Waals surface area contributed by atoms with E-state index in [4.69, 9.17) is 32.2 Å². The number of carbonyl (C=O) groups excluding carboxylic acids is 2. The normalized spacial score (nSPS) is 10.5. The number of hydrogen-bond donors (Lipinski definition) is 7. The molecule has 29 heavy (non-hydrogen) atoms. The minimum atomic E-state index is -1.000. The molecule has 0 radical (unpaired) electrons. The Kier molecular flexibility index (Phi) is 12.6. The zero-order valence-electron chi connectivity index (χ0n) is 15.7. The second kappa shape index (κ2) is 14.4. The van der Waals surface area contributed by atoms with E-state index in [0.717, 1.165) is 0 Å². The molecule has 0 bridgehead atoms. The van der Waals surface area contributed by atoms with Crippen LogP contribution in [0.15, 0.2) is 29.3 Å². The van der Waals surface area contributed by atoms with Crippen LogP contribution >= 0.6 is 0 Å². The van der Waals surface area contributed by atoms with Crippen LogP contribution < -0.4 is 27.8 Å². The maximum atomic E-state index is 12.1. The van der Waals surface area contributed by atoms with Crippen LogP contribution in [-0.4, -0.2) is 59.6 Å². The third-order valence-corrected chi connectivity index (χ3v) is 3.32. The van der Waals surface area contributed by atoms with Gasteiger partial charge in [0.2, 0.25) is 5.91 Å². The minimum absolute atomic E-state index is 0.0125. The van der Waals surface area contributed by atoms with Gasteiger partial charge in [0.15, 0.2) is 5.96 Å². The Bertz CT molecular complexity index is 720. The number of carboxylic acids is 1. The van der Waals surface area contributed by atoms with Crippen LogP contribution in [0.4, 0.5) is 5.69 Å². The van der Waals surface area contributed by atoms with Crippen LogP contribution in [0.3, 0.4) is 0 Å². The number of carbonyl (C=O) groups is 4. The molecule has 1 rings (SSSR count). The van der Waals surface area contributed by atoms with Gasteiger partial charge in [-0.25, -0.2) is 0 Å². The molecule has 2 amide bonds. The van der Waals surface area contributed by atoms with E-state index < -0.39 is 23.8 Å². The SMILES string of the molecule is NC(N)=NCCC[C@H](N)C(=O)Nc1cccc(C(=O)NCCC(=O)O)c1.O=CO. The fraction of sp³-hybridized carbons (Fsp3) is 0.353. The summed E-state index contributed by atoms with van der Waals surface area (Å²) in [6.07, 6.45) is 0.785. The second-order valence-electron chi connectivity index (χ2n) is 5.63. The molecule has 12 nitrogen and oxygen atoms in total. The number of rotatable bonds is 10. The molecule has 0 aliphatic rings. The maximum absolute atomic E-state index is 12.1. The van der Waals surface area contributed by atoms with Crippen LogP contribution in [-0.2, 0) is 14.4 Å². The molecule has 1 aromatic carbocycles. The predicted molar refractivity (Wildman–Crippen MR) is 106 cm³/mol. The van der Waals surface area contributed by atoms with Crippen molar-refractivity contribution in [3.8, 4) is 0 Å². The van der Waals surface area contributed by atoms with Gasteiger partial charge < -0.3 is 38.0 Å². The number of nitrogens with zero attached hydrogens (tertiary/aromatic N) is 1. The molecular weight excluding hydrogens is 384 g/mol. The van der Waals surface area contributed by atoms with Gasteiger partial charge >= 0.3 is 5.97 Å². The second-order valence-corrected chi connectivity index (χ2v) is 5.63. The molecule has 10 N–H and O–H groups in total. The van der Waals surface area contributed by atoms with Gasteiger partial charge in [-0.15, -0.1) is 0 Å². The van der Waals surface area contributed by atoms with Crippen LogP contribution in [0.2, 0.25) is 0 Å². The van der Waals surface area contributed by atoms with Crippen molar-refractivity contribution in [2.45, 2.75) is 25.3 Å². The van der Waals surface area contributed by atoms with Crippen molar-refractivity contribution in [2.24, 2.45) is 22.2 Å². The van der Waals surface area contributed by atoms with Crippen molar-refractivity contribution < 1.29 is 29.4 Å². The van der Waals surface area contributed by atoms with E-state index in [9.17, 15) is 14.4 Å². The number of amides is 2. The highest BCUT2D eigenvalue weighted by molar-refractivity contribution is 5.98. The molecule has 0 saturated heterocycles. The molecule has 0 heterocycles. The van der Waals surface area contributed by atoms with Crippen molar-refractivity contribution in [1.29, 1.82) is 0 Å². The molecule has 0 unspecified atom stereocenters. The fourth-order valence-electron chi connectivity index (χ4n) is 2.01. The molecule has 0 saturated carbocycles. The molecular formula is C17H26N6O6. The Morgan fingerprint density at radius 1 is 1.24 bits per heavy atom. The van der Waals surface area contributed by atoms with Crippen molar-refractivity contribution in [2.75, 3.05) is 18.4 Å². The Balaban J connectivity index is 0.00000245. The van der Waals surface area contributed by atoms with Gasteiger partial charge in [0, 0.05) is 24.3 Å². The smallest absolute Gasteiger partial charge is 0.305 e. The first kappa shape index (κ1) is 25.3. The molecule has 0 spiro atoms. The van der Waals surface area contributed by atoms with Gasteiger partial charge in [0.25, 0.3) is 12.4 Å². The van der Waals surface area contributed by atoms with Crippen LogP contribution in [0.5, 0.6) is 0 Å². The average Bonchev–Trinajstić information content (AvgIpc) is 2.65. The van der Waals surface area contributed by atoms with Crippen LogP contribution in [0.25, 0.3) is 0 Å². The summed E-state index contributed by atoms with van der Waals surface area (Å²) in [4.78, 5) is 46.7. The van der Waals surface area contributed by atoms with Gasteiger partial charge in [-0.2, -0.15) is 0 Å². The largest absolute Gasteiger partial charge is 0.483 e. The molecule has 0 aliphatic heterocycles. The average molecular weight is 410 g/mol. The zero-order chi connectivity index (χ0) is 22.2. The predicted octanol–water partition coefficient (Wildman–Crippen LogP) is -1.09. The number of nitrogens with two attached hydrogens (primary N) is 3. The van der Waals surface area contributed by atoms with E-state index in [0.29, 0.717) is 30.6 Å². The highest BCUT2D eigenvalue weighted by Gasteiger charge is 2.14. The topological polar surface area (TPSA) is 223 Å². The number of hydrogen-bond acceptors (Lipinski definition) is 6. The quantitative estimate of drug-likeness (QED) is 0.107. The first-order valence-electron chi connectivity index (χ1n) is 8.51. The lowest BCUT2D eigenvalue weighted by molar-refractivity contribution is -0.136. The van der Waals surface area contributed by atoms with Gasteiger partial charge in [-0.1, -0.05) is 6.07 Å². The van der Waals surface area contributed by atoms with Crippen molar-refractivity contribution in [3.63, 3.8) is 0 Å². The summed E-state index contributed by atoms with van der Waals surface area (Å²) in [5, 5.41) is 20.6. The summed E-state index contributed by atoms with van der Waals surface area (Å²) in [6.45, 7) is 0.154. The lowest BCUT2D eigenvalue weighted by Crippen LogP contribution is -2.35. The summed E-state index contributed by atoms with van der Waals surface area (Å²) in [6, 6.07) is 5.53. The van der Waals surface area contributed by atoms with Crippen molar-refractivity contribution in [3.05, 3.63) is 29.8 Å². The molecule has 1 atom stereocenters. The highest BCUT2D eigenvalue weighted by atomic mass is 16.4. The van der Waals surface area contributed by atoms with Crippen molar-refractivity contribution in [1.82, 2.24) is 5.32 Å². The number of guanidine groups is 1. The number of carboxylic acid groups (broad SMARTS) is 2. The van der Waals surface area contributed by atoms with Crippen LogP contribution in [0, 0.1) is 0 Å². The molecule has 0 aliphatic carbocycles. The van der Waals surface area contributed by atoms with Crippen LogP contribution in [0.1, 0.15) is 29.6 Å². The third-order valence-electron chi connectivity index (χ3n) is 3.32. The summed E-state index contributed by atoms with van der Waals surface area (Å²) in [7, 11) is 0. The van der Waals surface area contributed by atoms with E-state index in [1.165, 1.54) is 6.07 Å². The number of aliphatic imine (C=N–C) groups is 1. The summed E-state index contributed by atoms with van der Waals surface area (Å²) in [5.41, 5.74) is 17.0. The van der Waals surface area contributed by atoms with Gasteiger partial charge in [0.1, 0.15) is 0 Å². The number of nitrogens with one attached hydrogen (secondary N) is 2. The maximum Gasteiger partial charge on any atom is 0.305 e. The minimum Gasteiger partial charge on any atom is -0.483 e. The van der Waals surface area contributed by atoms with Gasteiger partial charge in [-0.05, 0) is 31.0 Å². The Labute approximate surface area is 167 Å². The molecule has 0 fully saturated rings. The number of anilines is 1. The van der Waals surface area contributed by atoms with Crippen molar-refractivity contribution >= 4 is 35.9 Å². The standard InChI is InChI=1S/C16H24N6O4.CH2O2/c17-12(5-2-7-21-16(18)19)15(26)22-11-4-1-3-10(9-11)14(25)20-8-6-13(23)24;2-1-3/h1,3-4,9,12H,2,5-8,17H2,(H,20,25)(H,22,26)(H,23,24)(H4,18,19,21);1H,(H,2,3)/t12-;/m0./s1. The Hall–Kier alpha value is -3.67. The van der Waals surface area contributed by atoms with Gasteiger partial charge in [0.05, 0.1) is 12.5 Å². The Morgan fingerprint density at radius 2 is 1.90 bits per heavy atom. The lowest BCUT2D eigenvalue weighted by Gasteiger charge is -2.12. The fourth-order valence-corrected chi connectivity index (χ4v) is 2.01. The highest BCUT2D eigenvalue weighted by Crippen LogP contribution is 2.11. The zero-order valence-corrected chi connectivity index (χ0v) is 15.7. The van der Waals surface area contributed by atoms with E-state index in [2.05, 4.69) is 15.6 Å². The third kappa shape index (κ3) is 12.4. The van der Waals surface area contributed by atoms with E-state index >= 15 is 0 Å².